The Morgan fingerprint density at radius 3 is 2.59 bits per heavy atom. The summed E-state index contributed by atoms with van der Waals surface area (Å²) < 4.78 is 6.11. The van der Waals surface area contributed by atoms with E-state index in [4.69, 9.17) is 17.0 Å². The Kier molecular flexibility index (Phi) is 5.75. The van der Waals surface area contributed by atoms with Crippen molar-refractivity contribution in [3.63, 3.8) is 0 Å². The van der Waals surface area contributed by atoms with E-state index in [0.717, 1.165) is 28.1 Å². The molecule has 29 heavy (non-hydrogen) atoms. The van der Waals surface area contributed by atoms with Gasteiger partial charge in [0.1, 0.15) is 11.5 Å². The second-order valence-electron chi connectivity index (χ2n) is 5.92. The summed E-state index contributed by atoms with van der Waals surface area (Å²) in [7, 11) is 0. The monoisotopic (exact) mass is 438 g/mol. The third kappa shape index (κ3) is 4.56. The van der Waals surface area contributed by atoms with Gasteiger partial charge in [-0.1, -0.05) is 48.2 Å². The van der Waals surface area contributed by atoms with Gasteiger partial charge in [0.2, 0.25) is 0 Å². The van der Waals surface area contributed by atoms with E-state index in [1.165, 1.54) is 11.3 Å². The molecule has 1 aromatic heterocycles. The van der Waals surface area contributed by atoms with Gasteiger partial charge in [-0.25, -0.2) is 0 Å². The van der Waals surface area contributed by atoms with Crippen LogP contribution in [0.5, 0.6) is 11.5 Å². The number of nitrogens with zero attached hydrogens (tertiary/aromatic N) is 1. The number of amides is 2. The molecule has 0 saturated carbocycles. The lowest BCUT2D eigenvalue weighted by Gasteiger charge is -2.14. The summed E-state index contributed by atoms with van der Waals surface area (Å²) >= 11 is 7.70. The van der Waals surface area contributed by atoms with Crippen molar-refractivity contribution in [3.8, 4) is 11.5 Å². The third-order valence-corrected chi connectivity index (χ3v) is 6.06. The van der Waals surface area contributed by atoms with Crippen molar-refractivity contribution in [2.45, 2.75) is 0 Å². The number of thioether (sulfide) groups is 1. The smallest absolute Gasteiger partial charge is 0.285 e. The number of hydrogen-bond acceptors (Lipinski definition) is 6. The average molecular weight is 439 g/mol. The molecule has 0 unspecified atom stereocenters. The van der Waals surface area contributed by atoms with Gasteiger partial charge in [-0.15, -0.1) is 11.3 Å². The zero-order valence-corrected chi connectivity index (χ0v) is 17.4. The number of thiocarbonyl (C=S) groups is 1. The summed E-state index contributed by atoms with van der Waals surface area (Å²) in [5.41, 5.74) is 3.36. The van der Waals surface area contributed by atoms with Crippen LogP contribution in [0, 0.1) is 0 Å². The Bertz CT molecular complexity index is 1100. The lowest BCUT2D eigenvalue weighted by atomic mass is 10.2. The highest BCUT2D eigenvalue weighted by atomic mass is 32.2. The summed E-state index contributed by atoms with van der Waals surface area (Å²) in [6, 6.07) is 20.3. The van der Waals surface area contributed by atoms with Crippen molar-refractivity contribution in [1.29, 1.82) is 0 Å². The number of para-hydroxylation sites is 1. The Labute approximate surface area is 181 Å². The highest BCUT2D eigenvalue weighted by Gasteiger charge is 2.33. The molecule has 1 N–H and O–H groups in total. The number of carbonyl (C=O) groups is 2. The van der Waals surface area contributed by atoms with E-state index < -0.39 is 0 Å². The molecule has 1 saturated heterocycles. The van der Waals surface area contributed by atoms with Crippen LogP contribution in [0.4, 0.5) is 0 Å². The fourth-order valence-electron chi connectivity index (χ4n) is 2.57. The van der Waals surface area contributed by atoms with Crippen molar-refractivity contribution in [1.82, 2.24) is 10.4 Å². The second-order valence-corrected chi connectivity index (χ2v) is 8.55. The van der Waals surface area contributed by atoms with Crippen molar-refractivity contribution in [3.05, 3.63) is 87.5 Å². The number of benzene rings is 2. The molecule has 2 aromatic carbocycles. The van der Waals surface area contributed by atoms with E-state index >= 15 is 0 Å². The van der Waals surface area contributed by atoms with Gasteiger partial charge >= 0.3 is 0 Å². The molecule has 0 atom stereocenters. The van der Waals surface area contributed by atoms with E-state index in [2.05, 4.69) is 5.43 Å². The maximum atomic E-state index is 12.7. The highest BCUT2D eigenvalue weighted by molar-refractivity contribution is 8.26. The van der Waals surface area contributed by atoms with Crippen LogP contribution in [0.1, 0.15) is 15.2 Å². The Morgan fingerprint density at radius 2 is 1.83 bits per heavy atom. The fourth-order valence-corrected chi connectivity index (χ4v) is 4.37. The Morgan fingerprint density at radius 1 is 1.03 bits per heavy atom. The van der Waals surface area contributed by atoms with Gasteiger partial charge < -0.3 is 4.74 Å². The molecule has 1 aliphatic heterocycles. The largest absolute Gasteiger partial charge is 0.457 e. The molecule has 2 amide bonds. The average Bonchev–Trinajstić information content (AvgIpc) is 3.34. The summed E-state index contributed by atoms with van der Waals surface area (Å²) in [5, 5.41) is 2.90. The molecular formula is C21H14N2O3S3. The van der Waals surface area contributed by atoms with E-state index in [1.807, 2.05) is 54.6 Å². The molecule has 1 fully saturated rings. The van der Waals surface area contributed by atoms with Crippen molar-refractivity contribution < 1.29 is 14.3 Å². The molecule has 4 rings (SSSR count). The molecular weight excluding hydrogens is 424 g/mol. The SMILES string of the molecule is O=C(NN1C(=O)/C(=C\c2cccc(Oc3ccccc3)c2)SC1=S)c1cccs1. The molecule has 1 aliphatic rings. The number of nitrogens with one attached hydrogen (secondary N) is 1. The topological polar surface area (TPSA) is 58.6 Å². The minimum absolute atomic E-state index is 0.280. The molecule has 144 valence electrons. The van der Waals surface area contributed by atoms with E-state index in [1.54, 1.807) is 23.6 Å². The van der Waals surface area contributed by atoms with Crippen molar-refractivity contribution in [2.24, 2.45) is 0 Å². The van der Waals surface area contributed by atoms with Gasteiger partial charge in [0.05, 0.1) is 9.78 Å². The fraction of sp³-hybridized carbons (Fsp3) is 0. The quantitative estimate of drug-likeness (QED) is 0.444. The van der Waals surface area contributed by atoms with Crippen LogP contribution in [0.25, 0.3) is 6.08 Å². The standard InChI is InChI=1S/C21H14N2O3S3/c24-19(17-10-5-11-28-17)22-23-20(25)18(29-21(23)27)13-14-6-4-9-16(12-14)26-15-7-2-1-3-8-15/h1-13H,(H,22,24)/b18-13+. The molecule has 0 radical (unpaired) electrons. The minimum Gasteiger partial charge on any atom is -0.457 e. The van der Waals surface area contributed by atoms with Crippen LogP contribution in [0.3, 0.4) is 0 Å². The Hall–Kier alpha value is -2.94. The number of hydrogen-bond donors (Lipinski definition) is 1. The van der Waals surface area contributed by atoms with Crippen molar-refractivity contribution >= 4 is 57.5 Å². The first kappa shape index (κ1) is 19.4. The van der Waals surface area contributed by atoms with Gasteiger partial charge in [0, 0.05) is 0 Å². The summed E-state index contributed by atoms with van der Waals surface area (Å²) in [6.07, 6.45) is 1.73. The number of rotatable bonds is 5. The highest BCUT2D eigenvalue weighted by Crippen LogP contribution is 2.32. The first-order valence-electron chi connectivity index (χ1n) is 8.55. The summed E-state index contributed by atoms with van der Waals surface area (Å²) in [6.45, 7) is 0. The van der Waals surface area contributed by atoms with Crippen LogP contribution < -0.4 is 10.2 Å². The van der Waals surface area contributed by atoms with Gasteiger partial charge in [-0.3, -0.25) is 15.0 Å². The molecule has 5 nitrogen and oxygen atoms in total. The summed E-state index contributed by atoms with van der Waals surface area (Å²) in [5.74, 6) is 0.661. The van der Waals surface area contributed by atoms with Crippen LogP contribution in [0.15, 0.2) is 77.0 Å². The van der Waals surface area contributed by atoms with Crippen LogP contribution in [-0.4, -0.2) is 21.1 Å². The van der Waals surface area contributed by atoms with Gasteiger partial charge in [0.15, 0.2) is 4.32 Å². The first-order valence-corrected chi connectivity index (χ1v) is 10.7. The molecule has 0 spiro atoms. The number of carbonyl (C=O) groups excluding carboxylic acids is 2. The third-order valence-electron chi connectivity index (χ3n) is 3.89. The second kappa shape index (κ2) is 8.60. The Balaban J connectivity index is 1.50. The molecule has 2 heterocycles. The van der Waals surface area contributed by atoms with Crippen LogP contribution in [0.2, 0.25) is 0 Å². The predicted octanol–water partition coefficient (Wildman–Crippen LogP) is 5.09. The minimum atomic E-state index is -0.365. The molecule has 8 heteroatoms. The van der Waals surface area contributed by atoms with Gasteiger partial charge in [-0.05, 0) is 59.6 Å². The van der Waals surface area contributed by atoms with Gasteiger partial charge in [-0.2, -0.15) is 5.01 Å². The maximum absolute atomic E-state index is 12.7. The van der Waals surface area contributed by atoms with Crippen LogP contribution in [-0.2, 0) is 4.79 Å². The normalized spacial score (nSPS) is 15.0. The molecule has 0 bridgehead atoms. The van der Waals surface area contributed by atoms with Crippen LogP contribution >= 0.6 is 35.3 Å². The predicted molar refractivity (Wildman–Crippen MR) is 120 cm³/mol. The van der Waals surface area contributed by atoms with E-state index in [9.17, 15) is 9.59 Å². The summed E-state index contributed by atoms with van der Waals surface area (Å²) in [4.78, 5) is 25.9. The maximum Gasteiger partial charge on any atom is 0.285 e. The number of thiophene rings is 1. The lowest BCUT2D eigenvalue weighted by molar-refractivity contribution is -0.123. The lowest BCUT2D eigenvalue weighted by Crippen LogP contribution is -2.44. The number of ether oxygens (including phenoxy) is 1. The zero-order valence-electron chi connectivity index (χ0n) is 14.9. The van der Waals surface area contributed by atoms with Crippen molar-refractivity contribution in [2.75, 3.05) is 0 Å². The van der Waals surface area contributed by atoms with E-state index in [-0.39, 0.29) is 16.1 Å². The zero-order chi connectivity index (χ0) is 20.2. The first-order chi connectivity index (χ1) is 14.1. The van der Waals surface area contributed by atoms with Gasteiger partial charge in [0.25, 0.3) is 11.8 Å². The number of hydrazine groups is 1. The van der Waals surface area contributed by atoms with E-state index in [0.29, 0.717) is 15.5 Å². The molecule has 0 aliphatic carbocycles. The molecule has 3 aromatic rings.